The van der Waals surface area contributed by atoms with Gasteiger partial charge in [0.15, 0.2) is 0 Å². The van der Waals surface area contributed by atoms with Crippen molar-refractivity contribution in [3.05, 3.63) is 12.7 Å². The molecule has 0 rings (SSSR count). The van der Waals surface area contributed by atoms with Gasteiger partial charge >= 0.3 is 0 Å². The van der Waals surface area contributed by atoms with Crippen LogP contribution in [0.15, 0.2) is 12.7 Å². The third-order valence-corrected chi connectivity index (χ3v) is 2.87. The minimum atomic E-state index is -0.181. The van der Waals surface area contributed by atoms with Gasteiger partial charge in [-0.1, -0.05) is 6.08 Å². The van der Waals surface area contributed by atoms with Crippen molar-refractivity contribution < 1.29 is 4.79 Å². The van der Waals surface area contributed by atoms with E-state index in [4.69, 9.17) is 0 Å². The summed E-state index contributed by atoms with van der Waals surface area (Å²) in [5.74, 6) is 0.00876. The van der Waals surface area contributed by atoms with E-state index in [1.807, 2.05) is 21.0 Å². The summed E-state index contributed by atoms with van der Waals surface area (Å²) in [6.45, 7) is 11.0. The number of amides is 1. The summed E-state index contributed by atoms with van der Waals surface area (Å²) in [7, 11) is 4.06. The molecule has 0 aromatic rings. The largest absolute Gasteiger partial charge is 0.351 e. The Labute approximate surface area is 99.1 Å². The summed E-state index contributed by atoms with van der Waals surface area (Å²) in [5.41, 5.74) is 0.0347. The molecule has 1 unspecified atom stereocenters. The van der Waals surface area contributed by atoms with Crippen LogP contribution < -0.4 is 10.6 Å². The minimum absolute atomic E-state index is 0.00876. The van der Waals surface area contributed by atoms with Gasteiger partial charge in [-0.3, -0.25) is 4.79 Å². The first-order chi connectivity index (χ1) is 7.31. The standard InChI is InChI=1S/C12H25N3O/c1-7-8-13-11(16)10(2)14-9-12(3,4)15(5)6/h7,10,14H,1,8-9H2,2-6H3,(H,13,16). The summed E-state index contributed by atoms with van der Waals surface area (Å²) >= 11 is 0. The van der Waals surface area contributed by atoms with Gasteiger partial charge in [0.05, 0.1) is 6.04 Å². The fraction of sp³-hybridized carbons (Fsp3) is 0.750. The minimum Gasteiger partial charge on any atom is -0.351 e. The van der Waals surface area contributed by atoms with Crippen LogP contribution in [-0.2, 0) is 4.79 Å². The molecule has 0 aliphatic carbocycles. The van der Waals surface area contributed by atoms with Crippen LogP contribution in [0, 0.1) is 0 Å². The van der Waals surface area contributed by atoms with E-state index < -0.39 is 0 Å². The predicted molar refractivity (Wildman–Crippen MR) is 68.4 cm³/mol. The summed E-state index contributed by atoms with van der Waals surface area (Å²) in [6, 6.07) is -0.181. The second-order valence-electron chi connectivity index (χ2n) is 4.84. The molecular formula is C12H25N3O. The predicted octanol–water partition coefficient (Wildman–Crippen LogP) is 0.607. The Balaban J connectivity index is 4.01. The molecule has 0 saturated carbocycles. The van der Waals surface area contributed by atoms with E-state index in [2.05, 4.69) is 36.0 Å². The first-order valence-electron chi connectivity index (χ1n) is 5.60. The first kappa shape index (κ1) is 15.1. The van der Waals surface area contributed by atoms with E-state index in [0.717, 1.165) is 6.54 Å². The van der Waals surface area contributed by atoms with Crippen molar-refractivity contribution >= 4 is 5.91 Å². The van der Waals surface area contributed by atoms with Crippen molar-refractivity contribution in [2.45, 2.75) is 32.4 Å². The molecule has 0 aromatic carbocycles. The van der Waals surface area contributed by atoms with Gasteiger partial charge in [0.1, 0.15) is 0 Å². The lowest BCUT2D eigenvalue weighted by Crippen LogP contribution is -2.52. The molecule has 2 N–H and O–H groups in total. The molecule has 0 bridgehead atoms. The molecule has 0 aliphatic rings. The smallest absolute Gasteiger partial charge is 0.237 e. The Bertz CT molecular complexity index is 236. The van der Waals surface area contributed by atoms with Crippen molar-refractivity contribution in [2.24, 2.45) is 0 Å². The van der Waals surface area contributed by atoms with Crippen LogP contribution in [0.4, 0.5) is 0 Å². The third-order valence-electron chi connectivity index (χ3n) is 2.87. The van der Waals surface area contributed by atoms with Gasteiger partial charge in [0.25, 0.3) is 0 Å². The number of carbonyl (C=O) groups is 1. The van der Waals surface area contributed by atoms with E-state index in [1.165, 1.54) is 0 Å². The van der Waals surface area contributed by atoms with Crippen LogP contribution in [0.1, 0.15) is 20.8 Å². The molecule has 4 nitrogen and oxygen atoms in total. The van der Waals surface area contributed by atoms with Crippen LogP contribution in [-0.4, -0.2) is 49.6 Å². The van der Waals surface area contributed by atoms with Crippen molar-refractivity contribution in [2.75, 3.05) is 27.2 Å². The highest BCUT2D eigenvalue weighted by molar-refractivity contribution is 5.81. The molecule has 0 heterocycles. The SMILES string of the molecule is C=CCNC(=O)C(C)NCC(C)(C)N(C)C. The third kappa shape index (κ3) is 5.28. The number of rotatable bonds is 7. The van der Waals surface area contributed by atoms with E-state index in [0.29, 0.717) is 6.54 Å². The molecular weight excluding hydrogens is 202 g/mol. The van der Waals surface area contributed by atoms with E-state index in [-0.39, 0.29) is 17.5 Å². The molecule has 94 valence electrons. The zero-order valence-corrected chi connectivity index (χ0v) is 11.1. The Kier molecular flexibility index (Phi) is 6.29. The van der Waals surface area contributed by atoms with Gasteiger partial charge in [0, 0.05) is 18.6 Å². The van der Waals surface area contributed by atoms with Crippen molar-refractivity contribution in [1.29, 1.82) is 0 Å². The Morgan fingerprint density at radius 2 is 2.06 bits per heavy atom. The van der Waals surface area contributed by atoms with Gasteiger partial charge < -0.3 is 15.5 Å². The number of nitrogens with zero attached hydrogens (tertiary/aromatic N) is 1. The van der Waals surface area contributed by atoms with Gasteiger partial charge in [-0.05, 0) is 34.9 Å². The molecule has 1 amide bonds. The van der Waals surface area contributed by atoms with Gasteiger partial charge in [0.2, 0.25) is 5.91 Å². The fourth-order valence-corrected chi connectivity index (χ4v) is 0.980. The molecule has 0 fully saturated rings. The average Bonchev–Trinajstić information content (AvgIpc) is 2.22. The average molecular weight is 227 g/mol. The molecule has 0 radical (unpaired) electrons. The van der Waals surface area contributed by atoms with Gasteiger partial charge in [-0.25, -0.2) is 0 Å². The maximum Gasteiger partial charge on any atom is 0.237 e. The summed E-state index contributed by atoms with van der Waals surface area (Å²) in [6.07, 6.45) is 1.67. The fourth-order valence-electron chi connectivity index (χ4n) is 0.980. The van der Waals surface area contributed by atoms with Crippen molar-refractivity contribution in [1.82, 2.24) is 15.5 Å². The molecule has 4 heteroatoms. The molecule has 0 aromatic heterocycles. The lowest BCUT2D eigenvalue weighted by Gasteiger charge is -2.33. The lowest BCUT2D eigenvalue weighted by atomic mass is 10.0. The Morgan fingerprint density at radius 3 is 2.50 bits per heavy atom. The maximum absolute atomic E-state index is 11.6. The summed E-state index contributed by atoms with van der Waals surface area (Å²) in [5, 5.41) is 5.99. The second kappa shape index (κ2) is 6.66. The van der Waals surface area contributed by atoms with E-state index >= 15 is 0 Å². The summed E-state index contributed by atoms with van der Waals surface area (Å²) in [4.78, 5) is 13.7. The van der Waals surface area contributed by atoms with Crippen LogP contribution >= 0.6 is 0 Å². The number of hydrogen-bond acceptors (Lipinski definition) is 3. The number of hydrogen-bond donors (Lipinski definition) is 2. The van der Waals surface area contributed by atoms with Crippen molar-refractivity contribution in [3.8, 4) is 0 Å². The van der Waals surface area contributed by atoms with E-state index in [9.17, 15) is 4.79 Å². The van der Waals surface area contributed by atoms with Gasteiger partial charge in [-0.2, -0.15) is 0 Å². The normalized spacial score (nSPS) is 13.6. The zero-order valence-electron chi connectivity index (χ0n) is 11.1. The van der Waals surface area contributed by atoms with Gasteiger partial charge in [-0.15, -0.1) is 6.58 Å². The Morgan fingerprint density at radius 1 is 1.50 bits per heavy atom. The molecule has 0 aliphatic heterocycles. The van der Waals surface area contributed by atoms with Crippen molar-refractivity contribution in [3.63, 3.8) is 0 Å². The quantitative estimate of drug-likeness (QED) is 0.626. The highest BCUT2D eigenvalue weighted by atomic mass is 16.2. The lowest BCUT2D eigenvalue weighted by molar-refractivity contribution is -0.122. The first-order valence-corrected chi connectivity index (χ1v) is 5.60. The number of nitrogens with one attached hydrogen (secondary N) is 2. The summed E-state index contributed by atoms with van der Waals surface area (Å²) < 4.78 is 0. The molecule has 1 atom stereocenters. The monoisotopic (exact) mass is 227 g/mol. The van der Waals surface area contributed by atoms with Crippen LogP contribution in [0.3, 0.4) is 0 Å². The Hall–Kier alpha value is -0.870. The van der Waals surface area contributed by atoms with Crippen LogP contribution in [0.5, 0.6) is 0 Å². The van der Waals surface area contributed by atoms with Crippen LogP contribution in [0.25, 0.3) is 0 Å². The molecule has 0 saturated heterocycles. The van der Waals surface area contributed by atoms with E-state index in [1.54, 1.807) is 6.08 Å². The second-order valence-corrected chi connectivity index (χ2v) is 4.84. The van der Waals surface area contributed by atoms with Crippen LogP contribution in [0.2, 0.25) is 0 Å². The number of likely N-dealkylation sites (N-methyl/N-ethyl adjacent to an activating group) is 1. The number of carbonyl (C=O) groups excluding carboxylic acids is 1. The highest BCUT2D eigenvalue weighted by Crippen LogP contribution is 2.07. The topological polar surface area (TPSA) is 44.4 Å². The highest BCUT2D eigenvalue weighted by Gasteiger charge is 2.22. The molecule has 0 spiro atoms. The zero-order chi connectivity index (χ0) is 12.8. The maximum atomic E-state index is 11.6. The molecule has 16 heavy (non-hydrogen) atoms.